The molecule has 1 heterocycles. The van der Waals surface area contributed by atoms with Crippen molar-refractivity contribution >= 4 is 29.0 Å². The normalized spacial score (nSPS) is 10.4. The summed E-state index contributed by atoms with van der Waals surface area (Å²) >= 11 is 3.30. The highest BCUT2D eigenvalue weighted by molar-refractivity contribution is 8.00. The molecule has 1 aromatic heterocycles. The van der Waals surface area contributed by atoms with Gasteiger partial charge in [-0.05, 0) is 24.3 Å². The molecule has 2 rings (SSSR count). The number of hydrogen-bond donors (Lipinski definition) is 1. The number of rotatable bonds is 9. The van der Waals surface area contributed by atoms with E-state index in [-0.39, 0.29) is 5.91 Å². The molecule has 2 aromatic rings. The minimum Gasteiger partial charge on any atom is -0.494 e. The van der Waals surface area contributed by atoms with Crippen molar-refractivity contribution in [2.45, 2.75) is 24.1 Å². The lowest BCUT2D eigenvalue weighted by Gasteiger charge is -2.06. The van der Waals surface area contributed by atoms with Crippen molar-refractivity contribution in [2.24, 2.45) is 0 Å². The van der Waals surface area contributed by atoms with Gasteiger partial charge in [0, 0.05) is 11.9 Å². The molecule has 1 N–H and O–H groups in total. The summed E-state index contributed by atoms with van der Waals surface area (Å²) < 4.78 is 6.60. The number of hydrogen-bond acceptors (Lipinski definition) is 5. The Hall–Kier alpha value is -1.53. The molecule has 0 saturated carbocycles. The number of thiazole rings is 1. The van der Waals surface area contributed by atoms with Crippen LogP contribution in [0.25, 0.3) is 0 Å². The van der Waals surface area contributed by atoms with Gasteiger partial charge in [0.05, 0.1) is 18.7 Å². The third kappa shape index (κ3) is 6.07. The zero-order chi connectivity index (χ0) is 15.6. The minimum absolute atomic E-state index is 0.0121. The van der Waals surface area contributed by atoms with Gasteiger partial charge in [0.2, 0.25) is 5.91 Å². The summed E-state index contributed by atoms with van der Waals surface area (Å²) in [5.74, 6) is 1.87. The highest BCUT2D eigenvalue weighted by atomic mass is 32.2. The average molecular weight is 336 g/mol. The first-order valence-corrected chi connectivity index (χ1v) is 9.16. The van der Waals surface area contributed by atoms with Gasteiger partial charge in [0.25, 0.3) is 0 Å². The number of nitrogens with zero attached hydrogens (tertiary/aromatic N) is 1. The van der Waals surface area contributed by atoms with E-state index in [9.17, 15) is 4.79 Å². The Morgan fingerprint density at radius 2 is 2.18 bits per heavy atom. The van der Waals surface area contributed by atoms with E-state index in [0.29, 0.717) is 19.6 Å². The van der Waals surface area contributed by atoms with E-state index < -0.39 is 0 Å². The summed E-state index contributed by atoms with van der Waals surface area (Å²) in [6.07, 6.45) is 1.13. The Morgan fingerprint density at radius 1 is 1.36 bits per heavy atom. The van der Waals surface area contributed by atoms with Gasteiger partial charge >= 0.3 is 0 Å². The molecule has 1 amide bonds. The van der Waals surface area contributed by atoms with E-state index in [1.807, 2.05) is 35.7 Å². The molecular formula is C16H20N2O2S2. The van der Waals surface area contributed by atoms with Crippen LogP contribution in [-0.4, -0.2) is 29.8 Å². The number of amides is 1. The zero-order valence-electron chi connectivity index (χ0n) is 12.6. The molecule has 0 atom stereocenters. The molecule has 118 valence electrons. The van der Waals surface area contributed by atoms with Crippen molar-refractivity contribution in [2.75, 3.05) is 18.9 Å². The fraction of sp³-hybridized carbons (Fsp3) is 0.375. The molecule has 0 aliphatic heterocycles. The summed E-state index contributed by atoms with van der Waals surface area (Å²) in [6, 6.07) is 9.68. The van der Waals surface area contributed by atoms with Gasteiger partial charge in [-0.1, -0.05) is 36.9 Å². The quantitative estimate of drug-likeness (QED) is 0.563. The molecule has 0 radical (unpaired) electrons. The molecular weight excluding hydrogens is 316 g/mol. The lowest BCUT2D eigenvalue weighted by molar-refractivity contribution is -0.120. The van der Waals surface area contributed by atoms with Crippen LogP contribution in [-0.2, 0) is 11.2 Å². The second-order valence-corrected chi connectivity index (χ2v) is 6.95. The van der Waals surface area contributed by atoms with Crippen LogP contribution in [0.2, 0.25) is 0 Å². The number of nitrogens with one attached hydrogen (secondary N) is 1. The Morgan fingerprint density at radius 3 is 2.95 bits per heavy atom. The Bertz CT molecular complexity index is 573. The Kier molecular flexibility index (Phi) is 7.25. The van der Waals surface area contributed by atoms with Crippen molar-refractivity contribution in [1.29, 1.82) is 0 Å². The third-order valence-corrected chi connectivity index (χ3v) is 4.75. The maximum absolute atomic E-state index is 11.8. The van der Waals surface area contributed by atoms with Crippen LogP contribution < -0.4 is 10.1 Å². The second-order valence-electron chi connectivity index (χ2n) is 4.58. The standard InChI is InChI=1S/C16H20N2O2S2/c1-2-21-16-18-13(12-22-16)11-15(19)17-9-6-10-20-14-7-4-3-5-8-14/h3-5,7-8,12H,2,6,9-11H2,1H3,(H,17,19). The predicted molar refractivity (Wildman–Crippen MR) is 91.8 cm³/mol. The number of para-hydroxylation sites is 1. The summed E-state index contributed by atoms with van der Waals surface area (Å²) in [5.41, 5.74) is 0.846. The van der Waals surface area contributed by atoms with Gasteiger partial charge < -0.3 is 10.1 Å². The van der Waals surface area contributed by atoms with Gasteiger partial charge in [-0.2, -0.15) is 0 Å². The first kappa shape index (κ1) is 16.8. The monoisotopic (exact) mass is 336 g/mol. The molecule has 4 nitrogen and oxygen atoms in total. The first-order chi connectivity index (χ1) is 10.8. The molecule has 0 unspecified atom stereocenters. The van der Waals surface area contributed by atoms with Crippen LogP contribution in [0.3, 0.4) is 0 Å². The first-order valence-electron chi connectivity index (χ1n) is 7.29. The number of carbonyl (C=O) groups is 1. The predicted octanol–water partition coefficient (Wildman–Crippen LogP) is 3.38. The van der Waals surface area contributed by atoms with Crippen molar-refractivity contribution in [1.82, 2.24) is 10.3 Å². The van der Waals surface area contributed by atoms with Gasteiger partial charge in [0.1, 0.15) is 10.1 Å². The molecule has 6 heteroatoms. The largest absolute Gasteiger partial charge is 0.494 e. The van der Waals surface area contributed by atoms with Crippen LogP contribution in [0.4, 0.5) is 0 Å². The van der Waals surface area contributed by atoms with Crippen LogP contribution in [0.1, 0.15) is 19.0 Å². The molecule has 1 aromatic carbocycles. The minimum atomic E-state index is 0.0121. The molecule has 0 saturated heterocycles. The van der Waals surface area contributed by atoms with E-state index in [0.717, 1.165) is 28.0 Å². The van der Waals surface area contributed by atoms with E-state index in [1.54, 1.807) is 23.1 Å². The highest BCUT2D eigenvalue weighted by Gasteiger charge is 2.07. The maximum Gasteiger partial charge on any atom is 0.226 e. The summed E-state index contributed by atoms with van der Waals surface area (Å²) in [7, 11) is 0. The lowest BCUT2D eigenvalue weighted by atomic mass is 10.3. The smallest absolute Gasteiger partial charge is 0.226 e. The van der Waals surface area contributed by atoms with E-state index in [1.165, 1.54) is 0 Å². The molecule has 0 aliphatic carbocycles. The van der Waals surface area contributed by atoms with Crippen LogP contribution in [0, 0.1) is 0 Å². The van der Waals surface area contributed by atoms with Gasteiger partial charge in [-0.3, -0.25) is 4.79 Å². The van der Waals surface area contributed by atoms with Gasteiger partial charge in [0.15, 0.2) is 0 Å². The Labute approximate surface area is 139 Å². The van der Waals surface area contributed by atoms with Crippen molar-refractivity contribution in [3.8, 4) is 5.75 Å². The fourth-order valence-electron chi connectivity index (χ4n) is 1.79. The lowest BCUT2D eigenvalue weighted by Crippen LogP contribution is -2.27. The summed E-state index contributed by atoms with van der Waals surface area (Å²) in [4.78, 5) is 16.2. The number of aromatic nitrogens is 1. The number of ether oxygens (including phenoxy) is 1. The maximum atomic E-state index is 11.8. The van der Waals surface area contributed by atoms with Crippen LogP contribution >= 0.6 is 23.1 Å². The molecule has 22 heavy (non-hydrogen) atoms. The van der Waals surface area contributed by atoms with Gasteiger partial charge in [-0.15, -0.1) is 11.3 Å². The zero-order valence-corrected chi connectivity index (χ0v) is 14.2. The average Bonchev–Trinajstić information content (AvgIpc) is 2.95. The molecule has 0 fully saturated rings. The van der Waals surface area contributed by atoms with Crippen molar-refractivity contribution in [3.63, 3.8) is 0 Å². The number of carbonyl (C=O) groups excluding carboxylic acids is 1. The third-order valence-electron chi connectivity index (χ3n) is 2.80. The SMILES string of the molecule is CCSc1nc(CC(=O)NCCCOc2ccccc2)cs1. The summed E-state index contributed by atoms with van der Waals surface area (Å²) in [6.45, 7) is 3.31. The number of benzene rings is 1. The summed E-state index contributed by atoms with van der Waals surface area (Å²) in [5, 5.41) is 4.85. The van der Waals surface area contributed by atoms with E-state index >= 15 is 0 Å². The van der Waals surface area contributed by atoms with Crippen LogP contribution in [0.5, 0.6) is 5.75 Å². The fourth-order valence-corrected chi connectivity index (χ4v) is 3.53. The van der Waals surface area contributed by atoms with Crippen molar-refractivity contribution < 1.29 is 9.53 Å². The topological polar surface area (TPSA) is 51.2 Å². The van der Waals surface area contributed by atoms with Crippen LogP contribution in [0.15, 0.2) is 40.1 Å². The van der Waals surface area contributed by atoms with Gasteiger partial charge in [-0.25, -0.2) is 4.98 Å². The second kappa shape index (κ2) is 9.48. The highest BCUT2D eigenvalue weighted by Crippen LogP contribution is 2.22. The number of thioether (sulfide) groups is 1. The van der Waals surface area contributed by atoms with E-state index in [4.69, 9.17) is 4.74 Å². The van der Waals surface area contributed by atoms with Crippen molar-refractivity contribution in [3.05, 3.63) is 41.4 Å². The Balaban J connectivity index is 1.59. The van der Waals surface area contributed by atoms with E-state index in [2.05, 4.69) is 17.2 Å². The molecule has 0 bridgehead atoms. The molecule has 0 spiro atoms. The molecule has 0 aliphatic rings.